The number of hydrogen-bond donors (Lipinski definition) is 1. The summed E-state index contributed by atoms with van der Waals surface area (Å²) in [6, 6.07) is 11.8. The van der Waals surface area contributed by atoms with E-state index in [4.69, 9.17) is 5.11 Å². The number of carbonyl (C=O) groups is 1. The molecule has 1 heterocycles. The van der Waals surface area contributed by atoms with Crippen LogP contribution in [0.2, 0.25) is 0 Å². The third-order valence-electron chi connectivity index (χ3n) is 3.56. The first kappa shape index (κ1) is 18.9. The van der Waals surface area contributed by atoms with Crippen molar-refractivity contribution in [3.63, 3.8) is 0 Å². The molecule has 1 amide bonds. The van der Waals surface area contributed by atoms with Gasteiger partial charge in [0.15, 0.2) is 0 Å². The van der Waals surface area contributed by atoms with Gasteiger partial charge in [-0.25, -0.2) is 0 Å². The van der Waals surface area contributed by atoms with E-state index in [1.165, 1.54) is 16.8 Å². The summed E-state index contributed by atoms with van der Waals surface area (Å²) in [7, 11) is 0. The highest BCUT2D eigenvalue weighted by molar-refractivity contribution is 5.92. The van der Waals surface area contributed by atoms with E-state index in [0.29, 0.717) is 25.2 Å². The number of aliphatic hydroxyl groups excluding tert-OH is 1. The number of para-hydroxylation sites is 1. The van der Waals surface area contributed by atoms with Crippen LogP contribution in [0.4, 0.5) is 0 Å². The maximum Gasteiger partial charge on any atom is 0.274 e. The maximum atomic E-state index is 12.9. The zero-order chi connectivity index (χ0) is 18.4. The molecule has 0 spiro atoms. The van der Waals surface area contributed by atoms with Gasteiger partial charge in [0.1, 0.15) is 5.69 Å². The van der Waals surface area contributed by atoms with Crippen molar-refractivity contribution in [2.45, 2.75) is 27.2 Å². The molecule has 2 aromatic rings. The number of aromatic nitrogens is 2. The highest BCUT2D eigenvalue weighted by atomic mass is 16.3. The minimum atomic E-state index is -0.291. The van der Waals surface area contributed by atoms with Crippen LogP contribution in [-0.2, 0) is 0 Å². The summed E-state index contributed by atoms with van der Waals surface area (Å²) in [4.78, 5) is 26.7. The third kappa shape index (κ3) is 5.26. The first-order chi connectivity index (χ1) is 11.8. The molecule has 0 radical (unpaired) electrons. The monoisotopic (exact) mass is 343 g/mol. The van der Waals surface area contributed by atoms with Gasteiger partial charge in [0.2, 0.25) is 0 Å². The van der Waals surface area contributed by atoms with Crippen LogP contribution < -0.4 is 5.56 Å². The highest BCUT2D eigenvalue weighted by Crippen LogP contribution is 2.17. The number of rotatable bonds is 6. The summed E-state index contributed by atoms with van der Waals surface area (Å²) >= 11 is 0. The lowest BCUT2D eigenvalue weighted by Crippen LogP contribution is -2.40. The summed E-state index contributed by atoms with van der Waals surface area (Å²) in [5.41, 5.74) is 0.449. The molecule has 0 atom stereocenters. The van der Waals surface area contributed by atoms with Gasteiger partial charge in [0.05, 0.1) is 5.69 Å². The van der Waals surface area contributed by atoms with Crippen LogP contribution in [0.15, 0.2) is 47.3 Å². The van der Waals surface area contributed by atoms with E-state index < -0.39 is 0 Å². The Balaban J connectivity index is 2.35. The van der Waals surface area contributed by atoms with Crippen LogP contribution >= 0.6 is 0 Å². The van der Waals surface area contributed by atoms with Crippen LogP contribution in [0.25, 0.3) is 5.69 Å². The summed E-state index contributed by atoms with van der Waals surface area (Å²) in [6.45, 7) is 7.14. The summed E-state index contributed by atoms with van der Waals surface area (Å²) in [6.07, 6.45) is 0.500. The molecule has 134 valence electrons. The molecular weight excluding hydrogens is 318 g/mol. The summed E-state index contributed by atoms with van der Waals surface area (Å²) in [5.74, 6) is -0.243. The zero-order valence-electron chi connectivity index (χ0n) is 15.0. The van der Waals surface area contributed by atoms with E-state index in [2.05, 4.69) is 5.10 Å². The van der Waals surface area contributed by atoms with Gasteiger partial charge in [0, 0.05) is 25.8 Å². The maximum absolute atomic E-state index is 12.9. The third-order valence-corrected chi connectivity index (χ3v) is 3.56. The molecule has 0 aliphatic carbocycles. The molecule has 1 aromatic heterocycles. The molecule has 0 aliphatic heterocycles. The van der Waals surface area contributed by atoms with Crippen molar-refractivity contribution >= 4 is 5.91 Å². The molecule has 0 saturated carbocycles. The lowest BCUT2D eigenvalue weighted by atomic mass is 9.96. The van der Waals surface area contributed by atoms with Crippen molar-refractivity contribution in [1.82, 2.24) is 14.7 Å². The molecule has 25 heavy (non-hydrogen) atoms. The van der Waals surface area contributed by atoms with Gasteiger partial charge in [-0.2, -0.15) is 9.78 Å². The molecule has 0 saturated heterocycles. The van der Waals surface area contributed by atoms with E-state index in [-0.39, 0.29) is 29.2 Å². The quantitative estimate of drug-likeness (QED) is 0.871. The predicted octanol–water partition coefficient (Wildman–Crippen LogP) is 2.10. The Morgan fingerprint density at radius 1 is 1.16 bits per heavy atom. The first-order valence-corrected chi connectivity index (χ1v) is 8.38. The van der Waals surface area contributed by atoms with Gasteiger partial charge in [0.25, 0.3) is 11.5 Å². The number of aliphatic hydroxyl groups is 1. The van der Waals surface area contributed by atoms with Crippen LogP contribution in [-0.4, -0.2) is 45.4 Å². The Morgan fingerprint density at radius 3 is 2.44 bits per heavy atom. The predicted molar refractivity (Wildman–Crippen MR) is 96.9 cm³/mol. The summed E-state index contributed by atoms with van der Waals surface area (Å²) < 4.78 is 1.23. The second-order valence-corrected chi connectivity index (χ2v) is 7.17. The SMILES string of the molecule is CC(C)(C)CN(CCCO)C(=O)c1ccc(=O)n(-c2ccccc2)n1. The van der Waals surface area contributed by atoms with Gasteiger partial charge in [-0.3, -0.25) is 9.59 Å². The van der Waals surface area contributed by atoms with Gasteiger partial charge in [-0.15, -0.1) is 0 Å². The molecule has 0 aliphatic rings. The van der Waals surface area contributed by atoms with Gasteiger partial charge in [-0.1, -0.05) is 39.0 Å². The Labute approximate surface area is 147 Å². The Morgan fingerprint density at radius 2 is 1.84 bits per heavy atom. The summed E-state index contributed by atoms with van der Waals surface area (Å²) in [5, 5.41) is 13.3. The average Bonchev–Trinajstić information content (AvgIpc) is 2.58. The van der Waals surface area contributed by atoms with Crippen molar-refractivity contribution in [3.05, 3.63) is 58.5 Å². The minimum absolute atomic E-state index is 0.0187. The van der Waals surface area contributed by atoms with Crippen molar-refractivity contribution in [2.24, 2.45) is 5.41 Å². The van der Waals surface area contributed by atoms with Crippen LogP contribution in [0.3, 0.4) is 0 Å². The fourth-order valence-corrected chi connectivity index (χ4v) is 2.53. The Bertz CT molecular complexity index is 763. The number of carbonyl (C=O) groups excluding carboxylic acids is 1. The van der Waals surface area contributed by atoms with E-state index in [0.717, 1.165) is 0 Å². The minimum Gasteiger partial charge on any atom is -0.396 e. The number of hydrogen-bond acceptors (Lipinski definition) is 4. The lowest BCUT2D eigenvalue weighted by molar-refractivity contribution is 0.0674. The average molecular weight is 343 g/mol. The lowest BCUT2D eigenvalue weighted by Gasteiger charge is -2.29. The molecule has 1 N–H and O–H groups in total. The molecule has 0 unspecified atom stereocenters. The van der Waals surface area contributed by atoms with E-state index in [9.17, 15) is 9.59 Å². The second kappa shape index (κ2) is 8.07. The molecule has 2 rings (SSSR count). The van der Waals surface area contributed by atoms with Crippen molar-refractivity contribution in [3.8, 4) is 5.69 Å². The normalized spacial score (nSPS) is 11.4. The zero-order valence-corrected chi connectivity index (χ0v) is 15.0. The fourth-order valence-electron chi connectivity index (χ4n) is 2.53. The molecular formula is C19H25N3O3. The standard InChI is InChI=1S/C19H25N3O3/c1-19(2,3)14-21(12-7-13-23)18(25)16-10-11-17(24)22(20-16)15-8-5-4-6-9-15/h4-6,8-11,23H,7,12-14H2,1-3H3. The van der Waals surface area contributed by atoms with Gasteiger partial charge >= 0.3 is 0 Å². The second-order valence-electron chi connectivity index (χ2n) is 7.17. The van der Waals surface area contributed by atoms with E-state index in [1.54, 1.807) is 17.0 Å². The van der Waals surface area contributed by atoms with Gasteiger partial charge in [-0.05, 0) is 30.0 Å². The molecule has 6 heteroatoms. The van der Waals surface area contributed by atoms with Crippen LogP contribution in [0.5, 0.6) is 0 Å². The largest absolute Gasteiger partial charge is 0.396 e. The number of nitrogens with zero attached hydrogens (tertiary/aromatic N) is 3. The van der Waals surface area contributed by atoms with Crippen LogP contribution in [0, 0.1) is 5.41 Å². The van der Waals surface area contributed by atoms with Crippen LogP contribution in [0.1, 0.15) is 37.7 Å². The highest BCUT2D eigenvalue weighted by Gasteiger charge is 2.23. The molecule has 0 fully saturated rings. The van der Waals surface area contributed by atoms with Crippen molar-refractivity contribution < 1.29 is 9.90 Å². The van der Waals surface area contributed by atoms with E-state index >= 15 is 0 Å². The smallest absolute Gasteiger partial charge is 0.274 e. The fraction of sp³-hybridized carbons (Fsp3) is 0.421. The Hall–Kier alpha value is -2.47. The topological polar surface area (TPSA) is 75.4 Å². The van der Waals surface area contributed by atoms with Gasteiger partial charge < -0.3 is 10.0 Å². The molecule has 6 nitrogen and oxygen atoms in total. The number of amides is 1. The molecule has 0 bridgehead atoms. The first-order valence-electron chi connectivity index (χ1n) is 8.38. The molecule has 1 aromatic carbocycles. The van der Waals surface area contributed by atoms with Crippen molar-refractivity contribution in [1.29, 1.82) is 0 Å². The van der Waals surface area contributed by atoms with Crippen molar-refractivity contribution in [2.75, 3.05) is 19.7 Å². The number of benzene rings is 1. The Kier molecular flexibility index (Phi) is 6.09. The van der Waals surface area contributed by atoms with E-state index in [1.807, 2.05) is 39.0 Å².